The number of aliphatic hydroxyl groups is 1. The van der Waals surface area contributed by atoms with Gasteiger partial charge in [-0.05, 0) is 117 Å². The van der Waals surface area contributed by atoms with Gasteiger partial charge in [0.1, 0.15) is 0 Å². The standard InChI is InChI=1S/C34H40N4O3/c1-9-22-18(4)27-15-32-34(21(7)39)20(6)28(38-32)13-25-19(5)24(11-12-33(40)41-8)31(37-25)16-30-23(10-2)17(3)26(35-30)14-29(22)36-27/h13-16,21,35,38-39H,9-12H2,1-8H3/t21-/m0/s1. The lowest BCUT2D eigenvalue weighted by molar-refractivity contribution is -0.140. The van der Waals surface area contributed by atoms with Crippen LogP contribution in [0.5, 0.6) is 0 Å². The number of aryl methyl sites for hydroxylation is 3. The minimum atomic E-state index is -0.658. The second-order valence-electron chi connectivity index (χ2n) is 11.1. The lowest BCUT2D eigenvalue weighted by Crippen LogP contribution is -2.00. The number of aromatic amines is 2. The number of esters is 1. The molecular weight excluding hydrogens is 512 g/mol. The summed E-state index contributed by atoms with van der Waals surface area (Å²) >= 11 is 0. The molecule has 0 aliphatic carbocycles. The maximum Gasteiger partial charge on any atom is 0.305 e. The fourth-order valence-corrected chi connectivity index (χ4v) is 6.27. The van der Waals surface area contributed by atoms with E-state index in [4.69, 9.17) is 14.7 Å². The van der Waals surface area contributed by atoms with E-state index in [0.29, 0.717) is 6.42 Å². The Morgan fingerprint density at radius 2 is 1.34 bits per heavy atom. The Labute approximate surface area is 241 Å². The molecular formula is C34H40N4O3. The van der Waals surface area contributed by atoms with Gasteiger partial charge in [-0.1, -0.05) is 13.8 Å². The summed E-state index contributed by atoms with van der Waals surface area (Å²) in [4.78, 5) is 29.5. The Kier molecular flexibility index (Phi) is 7.75. The van der Waals surface area contributed by atoms with E-state index in [9.17, 15) is 9.90 Å². The number of carbonyl (C=O) groups excluding carboxylic acids is 1. The first-order chi connectivity index (χ1) is 19.6. The van der Waals surface area contributed by atoms with E-state index < -0.39 is 6.10 Å². The molecule has 3 aromatic heterocycles. The minimum Gasteiger partial charge on any atom is -0.469 e. The highest BCUT2D eigenvalue weighted by Gasteiger charge is 2.21. The number of rotatable bonds is 6. The molecule has 214 valence electrons. The van der Waals surface area contributed by atoms with Crippen molar-refractivity contribution in [3.05, 3.63) is 69.3 Å². The summed E-state index contributed by atoms with van der Waals surface area (Å²) in [5, 5.41) is 10.8. The van der Waals surface area contributed by atoms with E-state index in [-0.39, 0.29) is 12.4 Å². The summed E-state index contributed by atoms with van der Waals surface area (Å²) in [6.07, 6.45) is 1.90. The molecule has 3 N–H and O–H groups in total. The second kappa shape index (κ2) is 11.1. The molecule has 5 heterocycles. The van der Waals surface area contributed by atoms with Crippen molar-refractivity contribution < 1.29 is 14.6 Å². The fourth-order valence-electron chi connectivity index (χ4n) is 6.27. The monoisotopic (exact) mass is 552 g/mol. The van der Waals surface area contributed by atoms with E-state index >= 15 is 0 Å². The predicted molar refractivity (Wildman–Crippen MR) is 167 cm³/mol. The summed E-state index contributed by atoms with van der Waals surface area (Å²) in [5.41, 5.74) is 16.0. The molecule has 0 saturated carbocycles. The maximum atomic E-state index is 12.1. The van der Waals surface area contributed by atoms with E-state index in [1.165, 1.54) is 23.8 Å². The van der Waals surface area contributed by atoms with Crippen LogP contribution in [0.3, 0.4) is 0 Å². The molecule has 5 rings (SSSR count). The molecule has 2 aliphatic heterocycles. The maximum absolute atomic E-state index is 12.1. The van der Waals surface area contributed by atoms with Crippen molar-refractivity contribution in [1.29, 1.82) is 0 Å². The van der Waals surface area contributed by atoms with Crippen molar-refractivity contribution in [3.8, 4) is 0 Å². The van der Waals surface area contributed by atoms with Gasteiger partial charge in [0.25, 0.3) is 0 Å². The number of fused-ring (bicyclic) bond motifs is 8. The van der Waals surface area contributed by atoms with Crippen molar-refractivity contribution >= 4 is 50.3 Å². The zero-order valence-corrected chi connectivity index (χ0v) is 25.4. The Morgan fingerprint density at radius 3 is 1.95 bits per heavy atom. The Balaban J connectivity index is 1.93. The van der Waals surface area contributed by atoms with Gasteiger partial charge in [-0.2, -0.15) is 0 Å². The zero-order chi connectivity index (χ0) is 29.6. The summed E-state index contributed by atoms with van der Waals surface area (Å²) in [6, 6.07) is 8.38. The van der Waals surface area contributed by atoms with Gasteiger partial charge in [0, 0.05) is 34.1 Å². The van der Waals surface area contributed by atoms with Crippen molar-refractivity contribution in [2.75, 3.05) is 7.11 Å². The number of nitrogens with zero attached hydrogens (tertiary/aromatic N) is 2. The summed E-state index contributed by atoms with van der Waals surface area (Å²) in [7, 11) is 1.42. The highest BCUT2D eigenvalue weighted by Crippen LogP contribution is 2.37. The molecule has 7 heteroatoms. The van der Waals surface area contributed by atoms with Gasteiger partial charge in [0.05, 0.1) is 36.0 Å². The summed E-state index contributed by atoms with van der Waals surface area (Å²) in [6.45, 7) is 14.5. The van der Waals surface area contributed by atoms with E-state index in [1.807, 2.05) is 13.0 Å². The zero-order valence-electron chi connectivity index (χ0n) is 25.4. The number of H-pyrrole nitrogens is 2. The van der Waals surface area contributed by atoms with Gasteiger partial charge in [0.2, 0.25) is 0 Å². The average molecular weight is 553 g/mol. The van der Waals surface area contributed by atoms with Gasteiger partial charge in [-0.25, -0.2) is 9.97 Å². The molecule has 2 aliphatic rings. The van der Waals surface area contributed by atoms with E-state index in [1.54, 1.807) is 6.92 Å². The largest absolute Gasteiger partial charge is 0.469 e. The second-order valence-corrected chi connectivity index (χ2v) is 11.1. The molecule has 0 fully saturated rings. The van der Waals surface area contributed by atoms with E-state index in [0.717, 1.165) is 85.5 Å². The van der Waals surface area contributed by atoms with Crippen molar-refractivity contribution in [1.82, 2.24) is 19.9 Å². The number of aliphatic hydroxyl groups excluding tert-OH is 1. The van der Waals surface area contributed by atoms with Crippen molar-refractivity contribution in [2.45, 2.75) is 80.3 Å². The molecule has 0 radical (unpaired) electrons. The van der Waals surface area contributed by atoms with Crippen molar-refractivity contribution in [3.63, 3.8) is 0 Å². The third-order valence-electron chi connectivity index (χ3n) is 8.65. The quantitative estimate of drug-likeness (QED) is 0.271. The molecule has 0 amide bonds. The Hall–Kier alpha value is -3.97. The van der Waals surface area contributed by atoms with E-state index in [2.05, 4.69) is 62.8 Å². The number of hydrogen-bond donors (Lipinski definition) is 3. The first-order valence-electron chi connectivity index (χ1n) is 14.5. The lowest BCUT2D eigenvalue weighted by Gasteiger charge is -2.04. The predicted octanol–water partition coefficient (Wildman–Crippen LogP) is 7.77. The van der Waals surface area contributed by atoms with Crippen LogP contribution < -0.4 is 0 Å². The molecule has 0 unspecified atom stereocenters. The number of methoxy groups -OCH3 is 1. The molecule has 0 aromatic carbocycles. The van der Waals surface area contributed by atoms with Gasteiger partial charge >= 0.3 is 5.97 Å². The van der Waals surface area contributed by atoms with Crippen LogP contribution in [0.4, 0.5) is 0 Å². The third kappa shape index (κ3) is 5.04. The molecule has 0 spiro atoms. The number of carbonyl (C=O) groups is 1. The molecule has 1 atom stereocenters. The number of hydrogen-bond acceptors (Lipinski definition) is 5. The fraction of sp³-hybridized carbons (Fsp3) is 0.382. The third-order valence-corrected chi connectivity index (χ3v) is 8.65. The molecule has 8 bridgehead atoms. The Morgan fingerprint density at radius 1 is 0.805 bits per heavy atom. The lowest BCUT2D eigenvalue weighted by atomic mass is 10.0. The topological polar surface area (TPSA) is 104 Å². The van der Waals surface area contributed by atoms with Crippen LogP contribution in [0.15, 0.2) is 24.3 Å². The molecule has 41 heavy (non-hydrogen) atoms. The van der Waals surface area contributed by atoms with Crippen LogP contribution in [0.2, 0.25) is 0 Å². The van der Waals surface area contributed by atoms with Gasteiger partial charge < -0.3 is 19.8 Å². The first-order valence-corrected chi connectivity index (χ1v) is 14.5. The summed E-state index contributed by atoms with van der Waals surface area (Å²) in [5.74, 6) is -0.243. The number of ether oxygens (including phenoxy) is 1. The van der Waals surface area contributed by atoms with Crippen molar-refractivity contribution in [2.24, 2.45) is 0 Å². The van der Waals surface area contributed by atoms with Crippen LogP contribution in [0.25, 0.3) is 44.4 Å². The molecule has 7 nitrogen and oxygen atoms in total. The van der Waals surface area contributed by atoms with Crippen LogP contribution in [-0.4, -0.2) is 38.1 Å². The number of aromatic nitrogens is 4. The van der Waals surface area contributed by atoms with Crippen LogP contribution >= 0.6 is 0 Å². The highest BCUT2D eigenvalue weighted by molar-refractivity contribution is 5.95. The van der Waals surface area contributed by atoms with Crippen LogP contribution in [-0.2, 0) is 16.0 Å². The number of nitrogens with one attached hydrogen (secondary N) is 2. The SMILES string of the molecule is CCC1=C(C)c2cc3[nH]c(cc4nc(cc5[nH]c(cc1n2)c(C)c5CC)C(CCC(=O)OC)=C4C)c(C)c3[C@H](C)O. The average Bonchev–Trinajstić information content (AvgIpc) is 3.60. The number of allylic oxidation sites excluding steroid dienone is 4. The minimum absolute atomic E-state index is 0.243. The molecule has 0 saturated heterocycles. The first kappa shape index (κ1) is 28.6. The van der Waals surface area contributed by atoms with Gasteiger partial charge in [0.15, 0.2) is 0 Å². The van der Waals surface area contributed by atoms with Gasteiger partial charge in [-0.3, -0.25) is 4.79 Å². The smallest absolute Gasteiger partial charge is 0.305 e. The highest BCUT2D eigenvalue weighted by atomic mass is 16.5. The van der Waals surface area contributed by atoms with Crippen LogP contribution in [0, 0.1) is 13.8 Å². The Bertz CT molecular complexity index is 1780. The normalized spacial score (nSPS) is 14.2. The van der Waals surface area contributed by atoms with Crippen LogP contribution in [0.1, 0.15) is 105 Å². The summed E-state index contributed by atoms with van der Waals surface area (Å²) < 4.78 is 4.94. The molecule has 3 aromatic rings. The van der Waals surface area contributed by atoms with Gasteiger partial charge in [-0.15, -0.1) is 0 Å².